The standard InChI is InChI=1S/C21H29N3O2/c1-15(2)24-12-18(10-22-24)20-13-23(11-19(20)14-25)7-5-16-3-4-21-17(9-16)6-8-26-21/h3-4,9-10,12,15,19-20,25H,5-8,11,13-14H2,1-2H3/t19-,20-/m0/s1. The summed E-state index contributed by atoms with van der Waals surface area (Å²) in [5.74, 6) is 1.73. The minimum absolute atomic E-state index is 0.240. The summed E-state index contributed by atoms with van der Waals surface area (Å²) in [6, 6.07) is 6.97. The molecule has 5 nitrogen and oxygen atoms in total. The Labute approximate surface area is 155 Å². The molecular formula is C21H29N3O2. The number of aliphatic hydroxyl groups excluding tert-OH is 1. The van der Waals surface area contributed by atoms with Crippen molar-refractivity contribution in [1.82, 2.24) is 14.7 Å². The van der Waals surface area contributed by atoms with Crippen LogP contribution in [0.25, 0.3) is 0 Å². The second-order valence-electron chi connectivity index (χ2n) is 7.95. The maximum Gasteiger partial charge on any atom is 0.122 e. The van der Waals surface area contributed by atoms with Crippen LogP contribution in [0.5, 0.6) is 5.75 Å². The van der Waals surface area contributed by atoms with Gasteiger partial charge in [-0.05, 0) is 43.0 Å². The lowest BCUT2D eigenvalue weighted by Gasteiger charge is -2.16. The van der Waals surface area contributed by atoms with Gasteiger partial charge in [-0.25, -0.2) is 0 Å². The van der Waals surface area contributed by atoms with Crippen LogP contribution >= 0.6 is 0 Å². The summed E-state index contributed by atoms with van der Waals surface area (Å²) in [5, 5.41) is 14.3. The number of aromatic nitrogens is 2. The largest absolute Gasteiger partial charge is 0.493 e. The van der Waals surface area contributed by atoms with E-state index in [0.717, 1.165) is 44.8 Å². The van der Waals surface area contributed by atoms with E-state index in [1.165, 1.54) is 16.7 Å². The van der Waals surface area contributed by atoms with Gasteiger partial charge in [-0.3, -0.25) is 4.68 Å². The summed E-state index contributed by atoms with van der Waals surface area (Å²) in [6.45, 7) is 8.33. The van der Waals surface area contributed by atoms with Crippen molar-refractivity contribution in [3.63, 3.8) is 0 Å². The topological polar surface area (TPSA) is 50.5 Å². The third-order valence-electron chi connectivity index (χ3n) is 5.80. The first-order valence-corrected chi connectivity index (χ1v) is 9.76. The molecule has 1 aromatic heterocycles. The smallest absolute Gasteiger partial charge is 0.122 e. The molecule has 2 aliphatic rings. The van der Waals surface area contributed by atoms with Crippen LogP contribution in [-0.4, -0.2) is 52.6 Å². The molecule has 1 saturated heterocycles. The zero-order chi connectivity index (χ0) is 18.1. The number of hydrogen-bond donors (Lipinski definition) is 1. The van der Waals surface area contributed by atoms with E-state index in [9.17, 15) is 5.11 Å². The maximum absolute atomic E-state index is 9.85. The van der Waals surface area contributed by atoms with Gasteiger partial charge in [0.15, 0.2) is 0 Å². The van der Waals surface area contributed by atoms with Crippen LogP contribution in [-0.2, 0) is 12.8 Å². The highest BCUT2D eigenvalue weighted by Gasteiger charge is 2.34. The molecule has 26 heavy (non-hydrogen) atoms. The fourth-order valence-electron chi connectivity index (χ4n) is 4.22. The molecule has 0 aliphatic carbocycles. The van der Waals surface area contributed by atoms with E-state index in [1.807, 2.05) is 10.9 Å². The first-order valence-electron chi connectivity index (χ1n) is 9.76. The van der Waals surface area contributed by atoms with Crippen molar-refractivity contribution in [2.45, 2.75) is 38.6 Å². The van der Waals surface area contributed by atoms with E-state index >= 15 is 0 Å². The lowest BCUT2D eigenvalue weighted by molar-refractivity contribution is 0.215. The summed E-state index contributed by atoms with van der Waals surface area (Å²) in [6.07, 6.45) is 6.21. The van der Waals surface area contributed by atoms with Gasteiger partial charge in [0.2, 0.25) is 0 Å². The van der Waals surface area contributed by atoms with Crippen molar-refractivity contribution in [2.75, 3.05) is 32.8 Å². The SMILES string of the molecule is CC(C)n1cc([C@@H]2CN(CCc3ccc4c(c3)CCO4)C[C@H]2CO)cn1. The van der Waals surface area contributed by atoms with Gasteiger partial charge in [-0.15, -0.1) is 0 Å². The number of nitrogens with zero attached hydrogens (tertiary/aromatic N) is 3. The summed E-state index contributed by atoms with van der Waals surface area (Å²) >= 11 is 0. The first-order chi connectivity index (χ1) is 12.6. The lowest BCUT2D eigenvalue weighted by atomic mass is 9.92. The molecule has 4 rings (SSSR count). The van der Waals surface area contributed by atoms with Gasteiger partial charge in [0.25, 0.3) is 0 Å². The molecule has 0 spiro atoms. The Hall–Kier alpha value is -1.85. The van der Waals surface area contributed by atoms with Crippen LogP contribution in [0.15, 0.2) is 30.6 Å². The van der Waals surface area contributed by atoms with E-state index < -0.39 is 0 Å². The number of benzene rings is 1. The van der Waals surface area contributed by atoms with Crippen LogP contribution in [0.2, 0.25) is 0 Å². The Morgan fingerprint density at radius 2 is 2.19 bits per heavy atom. The second kappa shape index (κ2) is 7.41. The molecule has 0 radical (unpaired) electrons. The number of likely N-dealkylation sites (tertiary alicyclic amines) is 1. The molecule has 3 heterocycles. The van der Waals surface area contributed by atoms with Crippen molar-refractivity contribution in [1.29, 1.82) is 0 Å². The van der Waals surface area contributed by atoms with Crippen LogP contribution < -0.4 is 4.74 Å². The van der Waals surface area contributed by atoms with Crippen LogP contribution in [0, 0.1) is 5.92 Å². The highest BCUT2D eigenvalue weighted by Crippen LogP contribution is 2.33. The first kappa shape index (κ1) is 17.6. The Morgan fingerprint density at radius 3 is 2.96 bits per heavy atom. The predicted molar refractivity (Wildman–Crippen MR) is 102 cm³/mol. The summed E-state index contributed by atoms with van der Waals surface area (Å²) in [4.78, 5) is 2.49. The zero-order valence-electron chi connectivity index (χ0n) is 15.8. The van der Waals surface area contributed by atoms with Crippen molar-refractivity contribution >= 4 is 0 Å². The quantitative estimate of drug-likeness (QED) is 0.865. The van der Waals surface area contributed by atoms with Crippen molar-refractivity contribution in [3.05, 3.63) is 47.3 Å². The lowest BCUT2D eigenvalue weighted by Crippen LogP contribution is -2.24. The van der Waals surface area contributed by atoms with E-state index in [4.69, 9.17) is 4.74 Å². The van der Waals surface area contributed by atoms with E-state index in [1.54, 1.807) is 0 Å². The average Bonchev–Trinajstić information content (AvgIpc) is 3.36. The normalized spacial score (nSPS) is 22.8. The molecule has 140 valence electrons. The molecule has 1 fully saturated rings. The Bertz CT molecular complexity index is 755. The average molecular weight is 355 g/mol. The molecule has 2 aromatic rings. The van der Waals surface area contributed by atoms with Crippen molar-refractivity contribution in [3.8, 4) is 5.75 Å². The Balaban J connectivity index is 1.39. The van der Waals surface area contributed by atoms with Gasteiger partial charge in [0.1, 0.15) is 5.75 Å². The van der Waals surface area contributed by atoms with E-state index in [-0.39, 0.29) is 6.61 Å². The summed E-state index contributed by atoms with van der Waals surface area (Å²) in [5.41, 5.74) is 3.98. The molecule has 1 N–H and O–H groups in total. The zero-order valence-corrected chi connectivity index (χ0v) is 15.8. The summed E-state index contributed by atoms with van der Waals surface area (Å²) in [7, 11) is 0. The van der Waals surface area contributed by atoms with Crippen LogP contribution in [0.1, 0.15) is 42.5 Å². The molecule has 0 unspecified atom stereocenters. The number of aliphatic hydroxyl groups is 1. The highest BCUT2D eigenvalue weighted by molar-refractivity contribution is 5.39. The van der Waals surface area contributed by atoms with Crippen molar-refractivity contribution in [2.24, 2.45) is 5.92 Å². The molecule has 5 heteroatoms. The van der Waals surface area contributed by atoms with Crippen molar-refractivity contribution < 1.29 is 9.84 Å². The minimum Gasteiger partial charge on any atom is -0.493 e. The third kappa shape index (κ3) is 3.51. The van der Waals surface area contributed by atoms with E-state index in [2.05, 4.69) is 48.2 Å². The predicted octanol–water partition coefficient (Wildman–Crippen LogP) is 2.65. The molecule has 0 bridgehead atoms. The Kier molecular flexibility index (Phi) is 5.00. The monoisotopic (exact) mass is 355 g/mol. The second-order valence-corrected chi connectivity index (χ2v) is 7.95. The third-order valence-corrected chi connectivity index (χ3v) is 5.80. The number of fused-ring (bicyclic) bond motifs is 1. The Morgan fingerprint density at radius 1 is 1.31 bits per heavy atom. The van der Waals surface area contributed by atoms with Gasteiger partial charge in [0.05, 0.1) is 12.8 Å². The molecule has 2 atom stereocenters. The van der Waals surface area contributed by atoms with Gasteiger partial charge < -0.3 is 14.7 Å². The minimum atomic E-state index is 0.240. The number of hydrogen-bond acceptors (Lipinski definition) is 4. The highest BCUT2D eigenvalue weighted by atomic mass is 16.5. The molecule has 0 amide bonds. The molecule has 1 aromatic carbocycles. The van der Waals surface area contributed by atoms with Gasteiger partial charge in [0, 0.05) is 56.7 Å². The maximum atomic E-state index is 9.85. The van der Waals surface area contributed by atoms with Crippen LogP contribution in [0.4, 0.5) is 0 Å². The van der Waals surface area contributed by atoms with Gasteiger partial charge >= 0.3 is 0 Å². The molecule has 2 aliphatic heterocycles. The molecular weight excluding hydrogens is 326 g/mol. The fraction of sp³-hybridized carbons (Fsp3) is 0.571. The van der Waals surface area contributed by atoms with Gasteiger partial charge in [-0.2, -0.15) is 5.10 Å². The summed E-state index contributed by atoms with van der Waals surface area (Å²) < 4.78 is 7.61. The van der Waals surface area contributed by atoms with Crippen LogP contribution in [0.3, 0.4) is 0 Å². The molecule has 0 saturated carbocycles. The van der Waals surface area contributed by atoms with E-state index in [0.29, 0.717) is 17.9 Å². The fourth-order valence-corrected chi connectivity index (χ4v) is 4.22. The van der Waals surface area contributed by atoms with Gasteiger partial charge in [-0.1, -0.05) is 12.1 Å². The number of ether oxygens (including phenoxy) is 1. The number of rotatable bonds is 6.